The van der Waals surface area contributed by atoms with Crippen molar-refractivity contribution < 1.29 is 19.4 Å². The number of hydrogen-bond donors (Lipinski definition) is 1. The van der Waals surface area contributed by atoms with Gasteiger partial charge in [0.2, 0.25) is 0 Å². The molecule has 2 atom stereocenters. The lowest BCUT2D eigenvalue weighted by Crippen LogP contribution is -2.28. The fourth-order valence-corrected chi connectivity index (χ4v) is 1.44. The lowest BCUT2D eigenvalue weighted by molar-refractivity contribution is -0.149. The van der Waals surface area contributed by atoms with Gasteiger partial charge in [-0.15, -0.1) is 0 Å². The first-order chi connectivity index (χ1) is 5.79. The molecule has 0 aromatic carbocycles. The third-order valence-corrected chi connectivity index (χ3v) is 2.23. The maximum atomic E-state index is 11.1. The second-order valence-corrected chi connectivity index (χ2v) is 2.94. The van der Waals surface area contributed by atoms with Crippen LogP contribution < -0.4 is 0 Å². The van der Waals surface area contributed by atoms with Crippen LogP contribution in [-0.2, 0) is 14.3 Å². The highest BCUT2D eigenvalue weighted by Crippen LogP contribution is 2.22. The Labute approximate surface area is 71.5 Å². The summed E-state index contributed by atoms with van der Waals surface area (Å²) in [7, 11) is 1.33. The molecular formula is C8H14O4. The maximum absolute atomic E-state index is 11.1. The minimum atomic E-state index is -0.405. The number of ether oxygens (including phenoxy) is 2. The number of methoxy groups -OCH3 is 1. The zero-order valence-electron chi connectivity index (χ0n) is 7.16. The minimum absolute atomic E-state index is 0.127. The molecule has 1 aliphatic rings. The van der Waals surface area contributed by atoms with Crippen LogP contribution in [0.25, 0.3) is 0 Å². The van der Waals surface area contributed by atoms with Crippen LogP contribution in [0.4, 0.5) is 0 Å². The van der Waals surface area contributed by atoms with Crippen LogP contribution in [0.1, 0.15) is 6.42 Å². The van der Waals surface area contributed by atoms with Crippen molar-refractivity contribution in [2.75, 3.05) is 26.9 Å². The molecule has 1 rings (SSSR count). The van der Waals surface area contributed by atoms with Gasteiger partial charge in [-0.25, -0.2) is 0 Å². The van der Waals surface area contributed by atoms with E-state index in [0.717, 1.165) is 6.42 Å². The molecule has 1 N–H and O–H groups in total. The molecule has 2 unspecified atom stereocenters. The molecular weight excluding hydrogens is 160 g/mol. The molecule has 1 fully saturated rings. The van der Waals surface area contributed by atoms with E-state index in [-0.39, 0.29) is 18.5 Å². The van der Waals surface area contributed by atoms with Crippen molar-refractivity contribution in [1.29, 1.82) is 0 Å². The normalized spacial score (nSPS) is 25.3. The van der Waals surface area contributed by atoms with E-state index in [1.54, 1.807) is 0 Å². The van der Waals surface area contributed by atoms with Crippen LogP contribution in [0.2, 0.25) is 0 Å². The van der Waals surface area contributed by atoms with E-state index in [9.17, 15) is 4.79 Å². The number of carbonyl (C=O) groups excluding carboxylic acids is 1. The zero-order chi connectivity index (χ0) is 8.97. The van der Waals surface area contributed by atoms with Gasteiger partial charge < -0.3 is 14.6 Å². The number of esters is 1. The Hall–Kier alpha value is -0.610. The molecule has 0 saturated carbocycles. The molecule has 1 heterocycles. The first-order valence-electron chi connectivity index (χ1n) is 4.06. The summed E-state index contributed by atoms with van der Waals surface area (Å²) in [5, 5.41) is 8.93. The number of aliphatic hydroxyl groups excluding tert-OH is 1. The molecule has 12 heavy (non-hydrogen) atoms. The Bertz CT molecular complexity index is 151. The van der Waals surface area contributed by atoms with Gasteiger partial charge in [0.15, 0.2) is 0 Å². The molecule has 4 heteroatoms. The van der Waals surface area contributed by atoms with Gasteiger partial charge in [-0.3, -0.25) is 4.79 Å². The molecule has 0 spiro atoms. The highest BCUT2D eigenvalue weighted by Gasteiger charge is 2.31. The average molecular weight is 174 g/mol. The van der Waals surface area contributed by atoms with Crippen molar-refractivity contribution in [2.45, 2.75) is 6.42 Å². The number of carbonyl (C=O) groups is 1. The van der Waals surface area contributed by atoms with Gasteiger partial charge >= 0.3 is 5.97 Å². The monoisotopic (exact) mass is 174 g/mol. The van der Waals surface area contributed by atoms with E-state index in [0.29, 0.717) is 13.2 Å². The van der Waals surface area contributed by atoms with Gasteiger partial charge in [-0.1, -0.05) is 0 Å². The first-order valence-corrected chi connectivity index (χ1v) is 4.06. The summed E-state index contributed by atoms with van der Waals surface area (Å²) in [5.74, 6) is -0.618. The third kappa shape index (κ3) is 1.95. The van der Waals surface area contributed by atoms with Crippen molar-refractivity contribution in [1.82, 2.24) is 0 Å². The predicted octanol–water partition coefficient (Wildman–Crippen LogP) is -0.196. The van der Waals surface area contributed by atoms with Crippen LogP contribution >= 0.6 is 0 Å². The topological polar surface area (TPSA) is 55.8 Å². The van der Waals surface area contributed by atoms with Crippen molar-refractivity contribution >= 4 is 5.97 Å². The second-order valence-electron chi connectivity index (χ2n) is 2.94. The molecule has 70 valence electrons. The molecule has 0 amide bonds. The van der Waals surface area contributed by atoms with Crippen LogP contribution in [0.5, 0.6) is 0 Å². The van der Waals surface area contributed by atoms with Crippen molar-refractivity contribution in [3.63, 3.8) is 0 Å². The van der Waals surface area contributed by atoms with Crippen LogP contribution in [0, 0.1) is 11.8 Å². The van der Waals surface area contributed by atoms with E-state index >= 15 is 0 Å². The smallest absolute Gasteiger partial charge is 0.311 e. The lowest BCUT2D eigenvalue weighted by Gasteiger charge is -2.16. The molecule has 4 nitrogen and oxygen atoms in total. The number of hydrogen-bond acceptors (Lipinski definition) is 4. The van der Waals surface area contributed by atoms with Crippen molar-refractivity contribution in [3.8, 4) is 0 Å². The highest BCUT2D eigenvalue weighted by molar-refractivity contribution is 5.72. The number of aliphatic hydroxyl groups is 1. The molecule has 1 aliphatic heterocycles. The molecule has 0 bridgehead atoms. The van der Waals surface area contributed by atoms with E-state index in [1.807, 2.05) is 0 Å². The van der Waals surface area contributed by atoms with E-state index < -0.39 is 5.92 Å². The molecule has 0 radical (unpaired) electrons. The molecule has 1 saturated heterocycles. The van der Waals surface area contributed by atoms with E-state index in [4.69, 9.17) is 9.84 Å². The second kappa shape index (κ2) is 4.42. The zero-order valence-corrected chi connectivity index (χ0v) is 7.16. The van der Waals surface area contributed by atoms with Crippen molar-refractivity contribution in [2.24, 2.45) is 11.8 Å². The average Bonchev–Trinajstić information content (AvgIpc) is 2.58. The Morgan fingerprint density at radius 1 is 1.83 bits per heavy atom. The molecule has 0 aromatic rings. The van der Waals surface area contributed by atoms with Gasteiger partial charge in [0.05, 0.1) is 26.2 Å². The van der Waals surface area contributed by atoms with Gasteiger partial charge in [0.1, 0.15) is 0 Å². The van der Waals surface area contributed by atoms with Gasteiger partial charge in [0.25, 0.3) is 0 Å². The fourth-order valence-electron chi connectivity index (χ4n) is 1.44. The van der Waals surface area contributed by atoms with Crippen LogP contribution in [0.3, 0.4) is 0 Å². The number of rotatable bonds is 3. The quantitative estimate of drug-likeness (QED) is 0.602. The van der Waals surface area contributed by atoms with Crippen LogP contribution in [-0.4, -0.2) is 38.0 Å². The van der Waals surface area contributed by atoms with E-state index in [2.05, 4.69) is 4.74 Å². The largest absolute Gasteiger partial charge is 0.469 e. The van der Waals surface area contributed by atoms with Gasteiger partial charge in [-0.2, -0.15) is 0 Å². The Balaban J connectivity index is 2.48. The predicted molar refractivity (Wildman–Crippen MR) is 41.5 cm³/mol. The van der Waals surface area contributed by atoms with E-state index in [1.165, 1.54) is 7.11 Å². The standard InChI is InChI=1S/C8H14O4/c1-11-8(10)7(4-9)6-2-3-12-5-6/h6-7,9H,2-5H2,1H3. The summed E-state index contributed by atoms with van der Waals surface area (Å²) in [4.78, 5) is 11.1. The fraction of sp³-hybridized carbons (Fsp3) is 0.875. The minimum Gasteiger partial charge on any atom is -0.469 e. The Morgan fingerprint density at radius 3 is 3.00 bits per heavy atom. The van der Waals surface area contributed by atoms with Crippen LogP contribution in [0.15, 0.2) is 0 Å². The SMILES string of the molecule is COC(=O)C(CO)C1CCOC1. The molecule has 0 aliphatic carbocycles. The summed E-state index contributed by atoms with van der Waals surface area (Å²) >= 11 is 0. The summed E-state index contributed by atoms with van der Waals surface area (Å²) in [6, 6.07) is 0. The summed E-state index contributed by atoms with van der Waals surface area (Å²) < 4.78 is 9.68. The van der Waals surface area contributed by atoms with Crippen molar-refractivity contribution in [3.05, 3.63) is 0 Å². The molecule has 0 aromatic heterocycles. The maximum Gasteiger partial charge on any atom is 0.311 e. The van der Waals surface area contributed by atoms with Gasteiger partial charge in [-0.05, 0) is 12.3 Å². The highest BCUT2D eigenvalue weighted by atomic mass is 16.5. The Morgan fingerprint density at radius 2 is 2.58 bits per heavy atom. The van der Waals surface area contributed by atoms with Gasteiger partial charge in [0, 0.05) is 6.61 Å². The summed E-state index contributed by atoms with van der Waals surface area (Å²) in [6.45, 7) is 1.08. The summed E-state index contributed by atoms with van der Waals surface area (Å²) in [5.41, 5.74) is 0. The lowest BCUT2D eigenvalue weighted by atomic mass is 9.92. The Kier molecular flexibility index (Phi) is 3.49. The first kappa shape index (κ1) is 9.48. The third-order valence-electron chi connectivity index (χ3n) is 2.23. The summed E-state index contributed by atoms with van der Waals surface area (Å²) in [6.07, 6.45) is 0.834.